The van der Waals surface area contributed by atoms with Gasteiger partial charge in [0.1, 0.15) is 12.2 Å². The first-order valence-corrected chi connectivity index (χ1v) is 8.60. The van der Waals surface area contributed by atoms with E-state index in [4.69, 9.17) is 9.47 Å². The molecule has 3 rings (SSSR count). The molecular formula is C19H24O6. The zero-order valence-electron chi connectivity index (χ0n) is 15.0. The van der Waals surface area contributed by atoms with Gasteiger partial charge in [-0.2, -0.15) is 0 Å². The predicted molar refractivity (Wildman–Crippen MR) is 88.3 cm³/mol. The van der Waals surface area contributed by atoms with Gasteiger partial charge in [0, 0.05) is 17.4 Å². The minimum absolute atomic E-state index is 0.0168. The van der Waals surface area contributed by atoms with Gasteiger partial charge in [0.15, 0.2) is 5.78 Å². The quantitative estimate of drug-likeness (QED) is 0.604. The van der Waals surface area contributed by atoms with Crippen LogP contribution in [0.2, 0.25) is 0 Å². The summed E-state index contributed by atoms with van der Waals surface area (Å²) in [4.78, 5) is 36.5. The van der Waals surface area contributed by atoms with Gasteiger partial charge in [0.2, 0.25) is 0 Å². The van der Waals surface area contributed by atoms with Crippen LogP contribution in [0.1, 0.15) is 40.5 Å². The lowest BCUT2D eigenvalue weighted by atomic mass is 9.57. The molecule has 6 nitrogen and oxygen atoms in total. The van der Waals surface area contributed by atoms with Crippen molar-refractivity contribution < 1.29 is 29.0 Å². The lowest BCUT2D eigenvalue weighted by Crippen LogP contribution is -2.54. The Morgan fingerprint density at radius 2 is 2.04 bits per heavy atom. The molecule has 1 saturated carbocycles. The first kappa shape index (κ1) is 17.9. The molecule has 0 aromatic heterocycles. The summed E-state index contributed by atoms with van der Waals surface area (Å²) in [5.74, 6) is -1.90. The number of rotatable bonds is 2. The maximum absolute atomic E-state index is 12.2. The number of Topliss-reactive ketones (excluding diaryl/α,β-unsaturated/α-hetero) is 1. The standard InChI is InChI=1S/C19H24O6/c1-8(2)17(22)24-12-7-19(5)13(21)6-11(20)9(3)15(19)16-14(12)10(4)18(23)25-16/h8,12-14,16,21H,4,6-7H2,1-3,5H3. The number of hydrogen-bond donors (Lipinski definition) is 1. The van der Waals surface area contributed by atoms with Crippen LogP contribution in [0.15, 0.2) is 23.3 Å². The molecule has 6 heteroatoms. The van der Waals surface area contributed by atoms with E-state index in [-0.39, 0.29) is 29.7 Å². The Balaban J connectivity index is 2.09. The van der Waals surface area contributed by atoms with Crippen molar-refractivity contribution in [2.24, 2.45) is 17.3 Å². The normalized spacial score (nSPS) is 37.8. The van der Waals surface area contributed by atoms with Crippen LogP contribution in [0.3, 0.4) is 0 Å². The van der Waals surface area contributed by atoms with Crippen molar-refractivity contribution in [2.75, 3.05) is 0 Å². The second kappa shape index (κ2) is 5.80. The van der Waals surface area contributed by atoms with E-state index >= 15 is 0 Å². The molecule has 1 saturated heterocycles. The second-order valence-corrected chi connectivity index (χ2v) is 7.81. The van der Waals surface area contributed by atoms with E-state index in [1.165, 1.54) is 0 Å². The highest BCUT2D eigenvalue weighted by Gasteiger charge is 2.60. The van der Waals surface area contributed by atoms with Gasteiger partial charge in [-0.1, -0.05) is 27.4 Å². The highest BCUT2D eigenvalue weighted by atomic mass is 16.6. The molecule has 0 aromatic carbocycles. The Labute approximate surface area is 146 Å². The molecule has 0 aromatic rings. The number of fused-ring (bicyclic) bond motifs is 3. The molecule has 0 amide bonds. The Hall–Kier alpha value is -1.95. The third-order valence-corrected chi connectivity index (χ3v) is 5.83. The lowest BCUT2D eigenvalue weighted by Gasteiger charge is -2.50. The van der Waals surface area contributed by atoms with Crippen molar-refractivity contribution in [3.8, 4) is 0 Å². The summed E-state index contributed by atoms with van der Waals surface area (Å²) >= 11 is 0. The molecule has 3 aliphatic rings. The van der Waals surface area contributed by atoms with E-state index in [1.807, 2.05) is 6.92 Å². The number of esters is 2. The Bertz CT molecular complexity index is 703. The number of aliphatic hydroxyl groups is 1. The third kappa shape index (κ3) is 2.54. The van der Waals surface area contributed by atoms with Crippen LogP contribution in [0.4, 0.5) is 0 Å². The van der Waals surface area contributed by atoms with Crippen LogP contribution in [-0.2, 0) is 23.9 Å². The van der Waals surface area contributed by atoms with Crippen LogP contribution >= 0.6 is 0 Å². The molecule has 1 heterocycles. The number of ether oxygens (including phenoxy) is 2. The fraction of sp³-hybridized carbons (Fsp3) is 0.632. The number of aliphatic hydroxyl groups excluding tert-OH is 1. The Kier molecular flexibility index (Phi) is 4.14. The summed E-state index contributed by atoms with van der Waals surface area (Å²) < 4.78 is 11.2. The van der Waals surface area contributed by atoms with E-state index in [0.29, 0.717) is 17.6 Å². The zero-order chi connectivity index (χ0) is 18.7. The molecule has 5 unspecified atom stereocenters. The van der Waals surface area contributed by atoms with E-state index < -0.39 is 35.6 Å². The first-order valence-electron chi connectivity index (χ1n) is 8.60. The summed E-state index contributed by atoms with van der Waals surface area (Å²) in [5.41, 5.74) is 0.636. The summed E-state index contributed by atoms with van der Waals surface area (Å²) in [6.45, 7) is 10.8. The maximum Gasteiger partial charge on any atom is 0.334 e. The largest absolute Gasteiger partial charge is 0.461 e. The highest BCUT2D eigenvalue weighted by molar-refractivity contribution is 5.98. The van der Waals surface area contributed by atoms with E-state index in [2.05, 4.69) is 6.58 Å². The molecule has 5 atom stereocenters. The predicted octanol–water partition coefficient (Wildman–Crippen LogP) is 1.71. The molecule has 1 N–H and O–H groups in total. The lowest BCUT2D eigenvalue weighted by molar-refractivity contribution is -0.163. The van der Waals surface area contributed by atoms with Gasteiger partial charge in [-0.05, 0) is 24.5 Å². The number of allylic oxidation sites excluding steroid dienone is 1. The fourth-order valence-electron chi connectivity index (χ4n) is 4.28. The van der Waals surface area contributed by atoms with Gasteiger partial charge >= 0.3 is 11.9 Å². The average Bonchev–Trinajstić information content (AvgIpc) is 2.80. The van der Waals surface area contributed by atoms with Gasteiger partial charge < -0.3 is 14.6 Å². The molecule has 0 spiro atoms. The third-order valence-electron chi connectivity index (χ3n) is 5.83. The van der Waals surface area contributed by atoms with Crippen molar-refractivity contribution in [1.29, 1.82) is 0 Å². The van der Waals surface area contributed by atoms with E-state index in [9.17, 15) is 19.5 Å². The summed E-state index contributed by atoms with van der Waals surface area (Å²) in [7, 11) is 0. The first-order chi connectivity index (χ1) is 11.6. The van der Waals surface area contributed by atoms with Gasteiger partial charge in [-0.25, -0.2) is 4.79 Å². The van der Waals surface area contributed by atoms with Crippen molar-refractivity contribution in [3.05, 3.63) is 23.3 Å². The molecule has 0 bridgehead atoms. The van der Waals surface area contributed by atoms with Gasteiger partial charge in [0.25, 0.3) is 0 Å². The minimum Gasteiger partial charge on any atom is -0.461 e. The van der Waals surface area contributed by atoms with Crippen LogP contribution < -0.4 is 0 Å². The number of carbonyl (C=O) groups is 3. The molecular weight excluding hydrogens is 324 g/mol. The van der Waals surface area contributed by atoms with Gasteiger partial charge in [-0.3, -0.25) is 9.59 Å². The van der Waals surface area contributed by atoms with Gasteiger partial charge in [0.05, 0.1) is 17.9 Å². The summed E-state index contributed by atoms with van der Waals surface area (Å²) in [5, 5.41) is 10.6. The van der Waals surface area contributed by atoms with Gasteiger partial charge in [-0.15, -0.1) is 0 Å². The van der Waals surface area contributed by atoms with E-state index in [1.54, 1.807) is 20.8 Å². The SMILES string of the molecule is C=C1C(=O)OC2C3=C(C)C(=O)CC(O)C3(C)CC(OC(=O)C(C)C)C12. The fourth-order valence-corrected chi connectivity index (χ4v) is 4.28. The van der Waals surface area contributed by atoms with Crippen LogP contribution in [-0.4, -0.2) is 41.1 Å². The number of ketones is 1. The Morgan fingerprint density at radius 1 is 1.40 bits per heavy atom. The highest BCUT2D eigenvalue weighted by Crippen LogP contribution is 2.55. The zero-order valence-corrected chi connectivity index (χ0v) is 15.0. The molecule has 136 valence electrons. The molecule has 2 fully saturated rings. The number of carbonyl (C=O) groups excluding carboxylic acids is 3. The summed E-state index contributed by atoms with van der Waals surface area (Å²) in [6.07, 6.45) is -1.91. The van der Waals surface area contributed by atoms with Crippen LogP contribution in [0.25, 0.3) is 0 Å². The van der Waals surface area contributed by atoms with Crippen molar-refractivity contribution in [1.82, 2.24) is 0 Å². The Morgan fingerprint density at radius 3 is 2.64 bits per heavy atom. The van der Waals surface area contributed by atoms with E-state index in [0.717, 1.165) is 0 Å². The second-order valence-electron chi connectivity index (χ2n) is 7.81. The summed E-state index contributed by atoms with van der Waals surface area (Å²) in [6, 6.07) is 0. The molecule has 2 aliphatic carbocycles. The van der Waals surface area contributed by atoms with Crippen molar-refractivity contribution in [3.63, 3.8) is 0 Å². The van der Waals surface area contributed by atoms with Crippen LogP contribution in [0, 0.1) is 17.3 Å². The minimum atomic E-state index is -0.910. The molecule has 0 radical (unpaired) electrons. The van der Waals surface area contributed by atoms with Crippen molar-refractivity contribution >= 4 is 17.7 Å². The van der Waals surface area contributed by atoms with Crippen molar-refractivity contribution in [2.45, 2.75) is 58.8 Å². The molecule has 1 aliphatic heterocycles. The van der Waals surface area contributed by atoms with Crippen LogP contribution in [0.5, 0.6) is 0 Å². The maximum atomic E-state index is 12.2. The smallest absolute Gasteiger partial charge is 0.334 e. The molecule has 25 heavy (non-hydrogen) atoms. The monoisotopic (exact) mass is 348 g/mol. The number of hydrogen-bond acceptors (Lipinski definition) is 6. The average molecular weight is 348 g/mol. The topological polar surface area (TPSA) is 89.9 Å².